The number of allylic oxidation sites excluding steroid dienone is 6. The molecule has 0 bridgehead atoms. The van der Waals surface area contributed by atoms with Crippen LogP contribution in [0.25, 0.3) is 44.2 Å². The van der Waals surface area contributed by atoms with Crippen molar-refractivity contribution in [2.24, 2.45) is 0 Å². The normalized spacial score (nSPS) is 17.7. The Kier molecular flexibility index (Phi) is 7.15. The lowest BCUT2D eigenvalue weighted by molar-refractivity contribution is 0.739. The molecule has 2 atom stereocenters. The molecule has 2 heterocycles. The van der Waals surface area contributed by atoms with E-state index in [1.165, 1.54) is 72.2 Å². The molecular formula is C49H35N3. The summed E-state index contributed by atoms with van der Waals surface area (Å²) in [4.78, 5) is 2.47. The Balaban J connectivity index is 1.07. The Hall–Kier alpha value is -6.63. The van der Waals surface area contributed by atoms with Crippen molar-refractivity contribution in [3.05, 3.63) is 204 Å². The van der Waals surface area contributed by atoms with Crippen LogP contribution in [0.1, 0.15) is 35.4 Å². The Morgan fingerprint density at radius 3 is 2.17 bits per heavy atom. The Labute approximate surface area is 304 Å². The van der Waals surface area contributed by atoms with Crippen molar-refractivity contribution in [3.63, 3.8) is 0 Å². The molecule has 246 valence electrons. The quantitative estimate of drug-likeness (QED) is 0.183. The van der Waals surface area contributed by atoms with Crippen molar-refractivity contribution in [2.75, 3.05) is 4.90 Å². The maximum absolute atomic E-state index is 9.55. The van der Waals surface area contributed by atoms with Gasteiger partial charge < -0.3 is 9.47 Å². The minimum atomic E-state index is 0.112. The van der Waals surface area contributed by atoms with Crippen LogP contribution in [-0.2, 0) is 0 Å². The number of anilines is 2. The molecule has 0 amide bonds. The number of hydrogen-bond acceptors (Lipinski definition) is 2. The molecule has 0 saturated heterocycles. The van der Waals surface area contributed by atoms with Crippen molar-refractivity contribution in [1.29, 1.82) is 5.26 Å². The lowest BCUT2D eigenvalue weighted by atomic mass is 9.83. The van der Waals surface area contributed by atoms with E-state index < -0.39 is 0 Å². The molecule has 0 radical (unpaired) electrons. The monoisotopic (exact) mass is 665 g/mol. The van der Waals surface area contributed by atoms with Gasteiger partial charge >= 0.3 is 0 Å². The molecule has 2 unspecified atom stereocenters. The summed E-state index contributed by atoms with van der Waals surface area (Å²) in [6.45, 7) is 0. The first kappa shape index (κ1) is 30.2. The molecule has 1 aromatic heterocycles. The van der Waals surface area contributed by atoms with Crippen LogP contribution in [0.4, 0.5) is 11.4 Å². The SMILES string of the molecule is N#Cc1ccc(N2c3ccc(-c4ccc5c(c4)c4ccccc4n5-c4ccccc4)cc3C3C=CC(C4=CCCC(c5ccccc5)=C4)=CC32)cc1. The summed E-state index contributed by atoms with van der Waals surface area (Å²) in [7, 11) is 0. The van der Waals surface area contributed by atoms with Gasteiger partial charge in [0.2, 0.25) is 0 Å². The second-order valence-corrected chi connectivity index (χ2v) is 14.0. The van der Waals surface area contributed by atoms with Crippen molar-refractivity contribution < 1.29 is 0 Å². The molecule has 2 aliphatic carbocycles. The summed E-state index contributed by atoms with van der Waals surface area (Å²) in [5.74, 6) is 0.194. The first-order valence-electron chi connectivity index (χ1n) is 18.1. The van der Waals surface area contributed by atoms with Gasteiger partial charge in [0.1, 0.15) is 0 Å². The van der Waals surface area contributed by atoms with E-state index in [1.807, 2.05) is 12.1 Å². The van der Waals surface area contributed by atoms with Gasteiger partial charge in [-0.05, 0) is 119 Å². The fourth-order valence-electron chi connectivity index (χ4n) is 8.56. The minimum absolute atomic E-state index is 0.112. The van der Waals surface area contributed by atoms with Crippen LogP contribution in [0.5, 0.6) is 0 Å². The summed E-state index contributed by atoms with van der Waals surface area (Å²) in [5, 5.41) is 12.1. The number of para-hydroxylation sites is 2. The standard InChI is InChI=1S/C49H35N3/c50-32-33-18-23-41(24-19-33)52-48-27-22-38(37-21-26-47-44(29-37)42-16-7-8-17-46(42)51(47)40-14-5-2-6-15-40)30-45(48)43-25-20-39(31-49(43)52)36-13-9-12-35(28-36)34-10-3-1-4-11-34/h1-8,10-11,13-31,43,49H,9,12H2. The largest absolute Gasteiger partial charge is 0.333 e. The second kappa shape index (κ2) is 12.3. The zero-order valence-electron chi connectivity index (χ0n) is 28.7. The van der Waals surface area contributed by atoms with E-state index >= 15 is 0 Å². The van der Waals surface area contributed by atoms with Crippen molar-refractivity contribution in [1.82, 2.24) is 4.57 Å². The van der Waals surface area contributed by atoms with Gasteiger partial charge in [0, 0.05) is 33.8 Å². The molecule has 0 spiro atoms. The Morgan fingerprint density at radius 2 is 1.35 bits per heavy atom. The van der Waals surface area contributed by atoms with E-state index in [1.54, 1.807) is 0 Å². The van der Waals surface area contributed by atoms with Gasteiger partial charge in [0.05, 0.1) is 28.7 Å². The van der Waals surface area contributed by atoms with Crippen molar-refractivity contribution in [2.45, 2.75) is 24.8 Å². The minimum Gasteiger partial charge on any atom is -0.333 e. The third-order valence-electron chi connectivity index (χ3n) is 11.0. The molecule has 0 fully saturated rings. The predicted molar refractivity (Wildman–Crippen MR) is 215 cm³/mol. The van der Waals surface area contributed by atoms with E-state index in [9.17, 15) is 5.26 Å². The lowest BCUT2D eigenvalue weighted by Gasteiger charge is -2.30. The van der Waals surface area contributed by atoms with E-state index in [0.29, 0.717) is 5.56 Å². The summed E-state index contributed by atoms with van der Waals surface area (Å²) in [5.41, 5.74) is 15.6. The highest BCUT2D eigenvalue weighted by Gasteiger charge is 2.39. The van der Waals surface area contributed by atoms with Crippen LogP contribution < -0.4 is 4.90 Å². The Morgan fingerprint density at radius 1 is 0.615 bits per heavy atom. The van der Waals surface area contributed by atoms with E-state index in [4.69, 9.17) is 0 Å². The van der Waals surface area contributed by atoms with Gasteiger partial charge in [-0.25, -0.2) is 0 Å². The average Bonchev–Trinajstić information content (AvgIpc) is 3.73. The number of nitriles is 1. The predicted octanol–water partition coefficient (Wildman–Crippen LogP) is 12.2. The first-order valence-corrected chi connectivity index (χ1v) is 18.1. The second-order valence-electron chi connectivity index (χ2n) is 14.0. The molecule has 3 heteroatoms. The smallest absolute Gasteiger partial charge is 0.0991 e. The Bertz CT molecular complexity index is 2680. The molecular weight excluding hydrogens is 631 g/mol. The lowest BCUT2D eigenvalue weighted by Crippen LogP contribution is -2.29. The number of nitrogens with zero attached hydrogens (tertiary/aromatic N) is 3. The number of benzene rings is 6. The summed E-state index contributed by atoms with van der Waals surface area (Å²) in [6.07, 6.45) is 14.1. The van der Waals surface area contributed by atoms with Gasteiger partial charge in [0.15, 0.2) is 0 Å². The van der Waals surface area contributed by atoms with Crippen LogP contribution in [0.3, 0.4) is 0 Å². The van der Waals surface area contributed by atoms with Crippen LogP contribution in [0.15, 0.2) is 187 Å². The third kappa shape index (κ3) is 4.95. The zero-order valence-corrected chi connectivity index (χ0v) is 28.7. The van der Waals surface area contributed by atoms with Crippen LogP contribution >= 0.6 is 0 Å². The number of aromatic nitrogens is 1. The molecule has 10 rings (SSSR count). The topological polar surface area (TPSA) is 32.0 Å². The van der Waals surface area contributed by atoms with Crippen molar-refractivity contribution >= 4 is 38.8 Å². The highest BCUT2D eigenvalue weighted by molar-refractivity contribution is 6.10. The molecule has 6 aromatic carbocycles. The van der Waals surface area contributed by atoms with Crippen LogP contribution in [-0.4, -0.2) is 10.6 Å². The highest BCUT2D eigenvalue weighted by Crippen LogP contribution is 2.50. The maximum Gasteiger partial charge on any atom is 0.0991 e. The molecule has 1 aliphatic heterocycles. The van der Waals surface area contributed by atoms with Gasteiger partial charge in [-0.2, -0.15) is 5.26 Å². The van der Waals surface area contributed by atoms with Gasteiger partial charge in [0.25, 0.3) is 0 Å². The van der Waals surface area contributed by atoms with E-state index in [0.717, 1.165) is 18.5 Å². The van der Waals surface area contributed by atoms with Gasteiger partial charge in [-0.15, -0.1) is 0 Å². The molecule has 7 aromatic rings. The fraction of sp³-hybridized carbons (Fsp3) is 0.0816. The number of fused-ring (bicyclic) bond motifs is 6. The number of hydrogen-bond donors (Lipinski definition) is 0. The fourth-order valence-corrected chi connectivity index (χ4v) is 8.56. The zero-order chi connectivity index (χ0) is 34.6. The molecule has 0 N–H and O–H groups in total. The summed E-state index contributed by atoms with van der Waals surface area (Å²) >= 11 is 0. The summed E-state index contributed by atoms with van der Waals surface area (Å²) in [6, 6.07) is 54.4. The first-order chi connectivity index (χ1) is 25.7. The number of rotatable bonds is 5. The average molecular weight is 666 g/mol. The molecule has 3 aliphatic rings. The third-order valence-corrected chi connectivity index (χ3v) is 11.0. The van der Waals surface area contributed by atoms with E-state index in [-0.39, 0.29) is 12.0 Å². The molecule has 0 saturated carbocycles. The van der Waals surface area contributed by atoms with Crippen LogP contribution in [0.2, 0.25) is 0 Å². The molecule has 3 nitrogen and oxygen atoms in total. The van der Waals surface area contributed by atoms with Crippen LogP contribution in [0, 0.1) is 11.3 Å². The highest BCUT2D eigenvalue weighted by atomic mass is 15.2. The maximum atomic E-state index is 9.55. The van der Waals surface area contributed by atoms with E-state index in [2.05, 4.69) is 179 Å². The van der Waals surface area contributed by atoms with Crippen molar-refractivity contribution in [3.8, 4) is 22.9 Å². The van der Waals surface area contributed by atoms with Gasteiger partial charge in [-0.1, -0.05) is 109 Å². The van der Waals surface area contributed by atoms with Gasteiger partial charge in [-0.3, -0.25) is 0 Å². The molecule has 52 heavy (non-hydrogen) atoms. The summed E-state index contributed by atoms with van der Waals surface area (Å²) < 4.78 is 2.37.